The van der Waals surface area contributed by atoms with E-state index in [1.807, 2.05) is 37.3 Å². The van der Waals surface area contributed by atoms with Gasteiger partial charge >= 0.3 is 0 Å². The van der Waals surface area contributed by atoms with Crippen LogP contribution in [0.4, 0.5) is 5.69 Å². The molecule has 2 rings (SSSR count). The maximum absolute atomic E-state index is 11.9. The van der Waals surface area contributed by atoms with Gasteiger partial charge in [0.1, 0.15) is 5.75 Å². The second-order valence-corrected chi connectivity index (χ2v) is 5.05. The third-order valence-electron chi connectivity index (χ3n) is 2.92. The summed E-state index contributed by atoms with van der Waals surface area (Å²) < 4.78 is 5.50. The molecule has 2 aromatic rings. The quantitative estimate of drug-likeness (QED) is 0.892. The number of amides is 1. The monoisotopic (exact) mass is 304 g/mol. The van der Waals surface area contributed by atoms with Crippen LogP contribution in [-0.4, -0.2) is 12.5 Å². The van der Waals surface area contributed by atoms with E-state index >= 15 is 0 Å². The zero-order valence-electron chi connectivity index (χ0n) is 11.7. The molecule has 110 valence electrons. The zero-order valence-corrected chi connectivity index (χ0v) is 12.5. The molecular weight excluding hydrogens is 288 g/mol. The molecule has 0 spiro atoms. The summed E-state index contributed by atoms with van der Waals surface area (Å²) in [6.45, 7) is 2.14. The van der Waals surface area contributed by atoms with E-state index in [2.05, 4.69) is 5.32 Å². The van der Waals surface area contributed by atoms with E-state index in [0.717, 1.165) is 16.8 Å². The van der Waals surface area contributed by atoms with Crippen LogP contribution in [0.25, 0.3) is 0 Å². The lowest BCUT2D eigenvalue weighted by atomic mass is 10.2. The highest BCUT2D eigenvalue weighted by Gasteiger charge is 2.10. The first-order valence-electron chi connectivity index (χ1n) is 6.57. The van der Waals surface area contributed by atoms with Crippen molar-refractivity contribution in [3.63, 3.8) is 0 Å². The van der Waals surface area contributed by atoms with Gasteiger partial charge in [-0.15, -0.1) is 0 Å². The van der Waals surface area contributed by atoms with Crippen LogP contribution in [0.5, 0.6) is 5.75 Å². The second-order valence-electron chi connectivity index (χ2n) is 4.64. The topological polar surface area (TPSA) is 64.3 Å². The molecule has 0 saturated carbocycles. The van der Waals surface area contributed by atoms with Gasteiger partial charge in [-0.2, -0.15) is 0 Å². The van der Waals surface area contributed by atoms with Crippen molar-refractivity contribution in [1.82, 2.24) is 0 Å². The molecule has 0 aliphatic rings. The van der Waals surface area contributed by atoms with Crippen molar-refractivity contribution in [3.8, 4) is 5.75 Å². The molecular formula is C16H17ClN2O2. The molecule has 0 fully saturated rings. The van der Waals surface area contributed by atoms with Gasteiger partial charge in [-0.3, -0.25) is 4.79 Å². The molecule has 0 heterocycles. The summed E-state index contributed by atoms with van der Waals surface area (Å²) in [5.41, 5.74) is 8.21. The highest BCUT2D eigenvalue weighted by atomic mass is 35.5. The van der Waals surface area contributed by atoms with Crippen LogP contribution in [0.2, 0.25) is 5.02 Å². The summed E-state index contributed by atoms with van der Waals surface area (Å²) >= 11 is 6.06. The fourth-order valence-electron chi connectivity index (χ4n) is 1.93. The van der Waals surface area contributed by atoms with Crippen molar-refractivity contribution >= 4 is 23.2 Å². The molecule has 5 heteroatoms. The molecule has 0 unspecified atom stereocenters. The number of nitrogens with two attached hydrogens (primary N) is 1. The molecule has 2 aromatic carbocycles. The number of hydrogen-bond acceptors (Lipinski definition) is 3. The van der Waals surface area contributed by atoms with Gasteiger partial charge in [0.15, 0.2) is 6.61 Å². The van der Waals surface area contributed by atoms with Crippen molar-refractivity contribution in [3.05, 3.63) is 58.6 Å². The van der Waals surface area contributed by atoms with Crippen LogP contribution in [0.3, 0.4) is 0 Å². The Labute approximate surface area is 128 Å². The summed E-state index contributed by atoms with van der Waals surface area (Å²) in [6, 6.07) is 12.9. The Balaban J connectivity index is 1.99. The highest BCUT2D eigenvalue weighted by molar-refractivity contribution is 6.32. The predicted molar refractivity (Wildman–Crippen MR) is 84.6 cm³/mol. The van der Waals surface area contributed by atoms with Crippen molar-refractivity contribution in [2.24, 2.45) is 5.73 Å². The van der Waals surface area contributed by atoms with E-state index < -0.39 is 0 Å². The maximum atomic E-state index is 11.9. The van der Waals surface area contributed by atoms with E-state index in [9.17, 15) is 4.79 Å². The number of carbonyl (C=O) groups is 1. The van der Waals surface area contributed by atoms with Crippen molar-refractivity contribution in [2.45, 2.75) is 13.5 Å². The first-order chi connectivity index (χ1) is 10.1. The molecule has 0 saturated heterocycles. The number of halogens is 1. The Kier molecular flexibility index (Phi) is 5.20. The lowest BCUT2D eigenvalue weighted by Gasteiger charge is -2.12. The molecule has 0 bridgehead atoms. The number of anilines is 1. The summed E-state index contributed by atoms with van der Waals surface area (Å²) in [5, 5.41) is 3.22. The van der Waals surface area contributed by atoms with E-state index in [1.54, 1.807) is 12.1 Å². The van der Waals surface area contributed by atoms with Gasteiger partial charge < -0.3 is 15.8 Å². The molecule has 0 radical (unpaired) electrons. The third-order valence-corrected chi connectivity index (χ3v) is 3.22. The number of rotatable bonds is 5. The number of nitrogens with one attached hydrogen (secondary N) is 1. The van der Waals surface area contributed by atoms with Crippen molar-refractivity contribution in [2.75, 3.05) is 11.9 Å². The summed E-state index contributed by atoms with van der Waals surface area (Å²) in [5.74, 6) is 0.213. The lowest BCUT2D eigenvalue weighted by molar-refractivity contribution is -0.118. The van der Waals surface area contributed by atoms with E-state index in [-0.39, 0.29) is 12.5 Å². The van der Waals surface area contributed by atoms with Gasteiger partial charge in [0.25, 0.3) is 5.91 Å². The van der Waals surface area contributed by atoms with Crippen LogP contribution >= 0.6 is 11.6 Å². The number of carbonyl (C=O) groups excluding carboxylic acids is 1. The highest BCUT2D eigenvalue weighted by Crippen LogP contribution is 2.28. The Morgan fingerprint density at radius 2 is 2.05 bits per heavy atom. The van der Waals surface area contributed by atoms with Gasteiger partial charge in [0.05, 0.1) is 5.02 Å². The maximum Gasteiger partial charge on any atom is 0.262 e. The van der Waals surface area contributed by atoms with Crippen molar-refractivity contribution < 1.29 is 9.53 Å². The largest absolute Gasteiger partial charge is 0.482 e. The average Bonchev–Trinajstić information content (AvgIpc) is 2.45. The fraction of sp³-hybridized carbons (Fsp3) is 0.188. The Hall–Kier alpha value is -2.04. The number of benzene rings is 2. The van der Waals surface area contributed by atoms with E-state index in [0.29, 0.717) is 17.3 Å². The normalized spacial score (nSPS) is 10.2. The van der Waals surface area contributed by atoms with Crippen LogP contribution in [0.15, 0.2) is 42.5 Å². The van der Waals surface area contributed by atoms with Crippen LogP contribution in [0, 0.1) is 6.92 Å². The molecule has 0 atom stereocenters. The SMILES string of the molecule is Cc1cccc(NC(=O)COc2c(Cl)cccc2CN)c1. The lowest BCUT2D eigenvalue weighted by Crippen LogP contribution is -2.20. The summed E-state index contributed by atoms with van der Waals surface area (Å²) in [4.78, 5) is 11.9. The van der Waals surface area contributed by atoms with Crippen LogP contribution < -0.4 is 15.8 Å². The van der Waals surface area contributed by atoms with Gasteiger partial charge in [-0.05, 0) is 30.7 Å². The molecule has 4 nitrogen and oxygen atoms in total. The number of aryl methyl sites for hydroxylation is 1. The molecule has 21 heavy (non-hydrogen) atoms. The molecule has 0 aliphatic carbocycles. The fourth-order valence-corrected chi connectivity index (χ4v) is 2.18. The molecule has 0 aromatic heterocycles. The van der Waals surface area contributed by atoms with Gasteiger partial charge in [-0.25, -0.2) is 0 Å². The first kappa shape index (κ1) is 15.4. The third kappa shape index (κ3) is 4.21. The van der Waals surface area contributed by atoms with Gasteiger partial charge in [0, 0.05) is 17.8 Å². The first-order valence-corrected chi connectivity index (χ1v) is 6.94. The molecule has 1 amide bonds. The molecule has 3 N–H and O–H groups in total. The second kappa shape index (κ2) is 7.11. The number of para-hydroxylation sites is 1. The van der Waals surface area contributed by atoms with Gasteiger partial charge in [0.2, 0.25) is 0 Å². The standard InChI is InChI=1S/C16H17ClN2O2/c1-11-4-2-6-13(8-11)19-15(20)10-21-16-12(9-18)5-3-7-14(16)17/h2-8H,9-10,18H2,1H3,(H,19,20). The number of ether oxygens (including phenoxy) is 1. The average molecular weight is 305 g/mol. The van der Waals surface area contributed by atoms with Gasteiger partial charge in [-0.1, -0.05) is 35.9 Å². The van der Waals surface area contributed by atoms with Crippen LogP contribution in [-0.2, 0) is 11.3 Å². The zero-order chi connectivity index (χ0) is 15.2. The Morgan fingerprint density at radius 1 is 1.29 bits per heavy atom. The molecule has 0 aliphatic heterocycles. The summed E-state index contributed by atoms with van der Waals surface area (Å²) in [7, 11) is 0. The minimum Gasteiger partial charge on any atom is -0.482 e. The Bertz CT molecular complexity index is 644. The Morgan fingerprint density at radius 3 is 2.76 bits per heavy atom. The smallest absolute Gasteiger partial charge is 0.262 e. The predicted octanol–water partition coefficient (Wildman–Crippen LogP) is 3.12. The summed E-state index contributed by atoms with van der Waals surface area (Å²) in [6.07, 6.45) is 0. The van der Waals surface area contributed by atoms with Crippen LogP contribution in [0.1, 0.15) is 11.1 Å². The minimum atomic E-state index is -0.247. The minimum absolute atomic E-state index is 0.120. The number of hydrogen-bond donors (Lipinski definition) is 2. The van der Waals surface area contributed by atoms with Crippen molar-refractivity contribution in [1.29, 1.82) is 0 Å². The van der Waals surface area contributed by atoms with E-state index in [4.69, 9.17) is 22.1 Å². The van der Waals surface area contributed by atoms with E-state index in [1.165, 1.54) is 0 Å².